The molecular formula is C11H12N4OS2. The minimum absolute atomic E-state index is 0.0414. The van der Waals surface area contributed by atoms with E-state index in [1.165, 1.54) is 35.9 Å². The number of rotatable bonds is 5. The fourth-order valence-electron chi connectivity index (χ4n) is 1.61. The van der Waals surface area contributed by atoms with E-state index in [1.807, 2.05) is 11.6 Å². The van der Waals surface area contributed by atoms with Gasteiger partial charge in [0.2, 0.25) is 5.91 Å². The maximum Gasteiger partial charge on any atom is 0.236 e. The maximum atomic E-state index is 11.7. The van der Waals surface area contributed by atoms with E-state index in [-0.39, 0.29) is 5.91 Å². The van der Waals surface area contributed by atoms with Gasteiger partial charge in [-0.1, -0.05) is 11.8 Å². The van der Waals surface area contributed by atoms with Gasteiger partial charge < -0.3 is 9.88 Å². The first-order valence-electron chi connectivity index (χ1n) is 5.68. The van der Waals surface area contributed by atoms with Gasteiger partial charge in [0.1, 0.15) is 0 Å². The molecule has 1 aliphatic carbocycles. The Labute approximate surface area is 113 Å². The van der Waals surface area contributed by atoms with Crippen molar-refractivity contribution in [2.45, 2.75) is 24.0 Å². The molecule has 1 amide bonds. The third-order valence-electron chi connectivity index (χ3n) is 2.58. The van der Waals surface area contributed by atoms with E-state index in [0.29, 0.717) is 16.9 Å². The molecule has 94 valence electrons. The van der Waals surface area contributed by atoms with Crippen molar-refractivity contribution in [3.8, 4) is 0 Å². The van der Waals surface area contributed by atoms with E-state index in [0.717, 1.165) is 5.16 Å². The van der Waals surface area contributed by atoms with Crippen LogP contribution in [0.25, 0.3) is 0 Å². The molecule has 2 heterocycles. The van der Waals surface area contributed by atoms with E-state index < -0.39 is 0 Å². The Kier molecular flexibility index (Phi) is 3.33. The van der Waals surface area contributed by atoms with Crippen molar-refractivity contribution in [3.63, 3.8) is 0 Å². The number of anilines is 1. The molecule has 3 rings (SSSR count). The molecule has 0 bridgehead atoms. The molecule has 18 heavy (non-hydrogen) atoms. The van der Waals surface area contributed by atoms with Crippen LogP contribution >= 0.6 is 23.1 Å². The number of nitrogens with zero attached hydrogens (tertiary/aromatic N) is 3. The molecule has 0 atom stereocenters. The third-order valence-corrected chi connectivity index (χ3v) is 4.25. The van der Waals surface area contributed by atoms with Crippen LogP contribution in [0.2, 0.25) is 0 Å². The first kappa shape index (κ1) is 11.7. The molecule has 7 heteroatoms. The van der Waals surface area contributed by atoms with Gasteiger partial charge in [-0.25, -0.2) is 9.97 Å². The van der Waals surface area contributed by atoms with Crippen molar-refractivity contribution >= 4 is 34.1 Å². The van der Waals surface area contributed by atoms with Gasteiger partial charge in [-0.3, -0.25) is 4.79 Å². The zero-order valence-electron chi connectivity index (χ0n) is 9.57. The van der Waals surface area contributed by atoms with Crippen molar-refractivity contribution < 1.29 is 4.79 Å². The molecule has 0 saturated heterocycles. The molecular weight excluding hydrogens is 268 g/mol. The molecule has 0 radical (unpaired) electrons. The second-order valence-electron chi connectivity index (χ2n) is 4.02. The summed E-state index contributed by atoms with van der Waals surface area (Å²) in [6, 6.07) is 0.594. The molecule has 0 unspecified atom stereocenters. The van der Waals surface area contributed by atoms with E-state index in [2.05, 4.69) is 19.9 Å². The van der Waals surface area contributed by atoms with Gasteiger partial charge in [0.05, 0.1) is 5.75 Å². The van der Waals surface area contributed by atoms with Crippen molar-refractivity contribution in [2.75, 3.05) is 11.1 Å². The van der Waals surface area contributed by atoms with Gasteiger partial charge in [0, 0.05) is 30.0 Å². The Hall–Kier alpha value is -1.34. The highest BCUT2D eigenvalue weighted by Crippen LogP contribution is 2.37. The maximum absolute atomic E-state index is 11.7. The number of hydrogen-bond acceptors (Lipinski definition) is 5. The fourth-order valence-corrected chi connectivity index (χ4v) is 2.98. The molecule has 1 saturated carbocycles. The number of aromatic nitrogens is 3. The molecule has 1 fully saturated rings. The second-order valence-corrected chi connectivity index (χ2v) is 5.86. The highest BCUT2D eigenvalue weighted by molar-refractivity contribution is 7.99. The normalized spacial score (nSPS) is 14.7. The summed E-state index contributed by atoms with van der Waals surface area (Å²) in [5, 5.41) is 6.16. The summed E-state index contributed by atoms with van der Waals surface area (Å²) >= 11 is 2.89. The summed E-state index contributed by atoms with van der Waals surface area (Å²) in [6.07, 6.45) is 7.88. The number of thiazole rings is 1. The summed E-state index contributed by atoms with van der Waals surface area (Å²) in [5.41, 5.74) is 0. The highest BCUT2D eigenvalue weighted by atomic mass is 32.2. The average molecular weight is 280 g/mol. The van der Waals surface area contributed by atoms with Gasteiger partial charge in [-0.05, 0) is 12.8 Å². The second kappa shape index (κ2) is 5.11. The Balaban J connectivity index is 1.54. The topological polar surface area (TPSA) is 59.8 Å². The summed E-state index contributed by atoms with van der Waals surface area (Å²) < 4.78 is 2.15. The monoisotopic (exact) mass is 280 g/mol. The quantitative estimate of drug-likeness (QED) is 0.854. The number of carbonyl (C=O) groups excluding carboxylic acids is 1. The van der Waals surface area contributed by atoms with Crippen LogP contribution < -0.4 is 5.32 Å². The number of amides is 1. The number of carbonyl (C=O) groups is 1. The molecule has 1 aliphatic rings. The van der Waals surface area contributed by atoms with Crippen LogP contribution in [0.5, 0.6) is 0 Å². The van der Waals surface area contributed by atoms with E-state index in [4.69, 9.17) is 0 Å². The Morgan fingerprint density at radius 1 is 1.50 bits per heavy atom. The zero-order chi connectivity index (χ0) is 12.4. The number of imidazole rings is 1. The van der Waals surface area contributed by atoms with Crippen LogP contribution in [0, 0.1) is 0 Å². The van der Waals surface area contributed by atoms with Crippen LogP contribution in [0.1, 0.15) is 18.9 Å². The summed E-state index contributed by atoms with van der Waals surface area (Å²) in [4.78, 5) is 20.0. The molecule has 5 nitrogen and oxygen atoms in total. The molecule has 1 N–H and O–H groups in total. The van der Waals surface area contributed by atoms with Gasteiger partial charge in [-0.2, -0.15) is 0 Å². The van der Waals surface area contributed by atoms with Crippen LogP contribution in [0.3, 0.4) is 0 Å². The lowest BCUT2D eigenvalue weighted by Crippen LogP contribution is -2.14. The lowest BCUT2D eigenvalue weighted by atomic mass is 10.7. The molecule has 0 aromatic carbocycles. The van der Waals surface area contributed by atoms with E-state index in [1.54, 1.807) is 12.4 Å². The lowest BCUT2D eigenvalue weighted by molar-refractivity contribution is -0.113. The number of hydrogen-bond donors (Lipinski definition) is 1. The summed E-state index contributed by atoms with van der Waals surface area (Å²) in [7, 11) is 0. The molecule has 0 aliphatic heterocycles. The van der Waals surface area contributed by atoms with Crippen LogP contribution in [0.15, 0.2) is 29.1 Å². The van der Waals surface area contributed by atoms with Gasteiger partial charge in [0.15, 0.2) is 10.3 Å². The SMILES string of the molecule is O=C(CSc1nccn1C1CC1)Nc1nccs1. The summed E-state index contributed by atoms with van der Waals surface area (Å²) in [5.74, 6) is 0.323. The van der Waals surface area contributed by atoms with Crippen molar-refractivity contribution in [1.29, 1.82) is 0 Å². The highest BCUT2D eigenvalue weighted by Gasteiger charge is 2.25. The van der Waals surface area contributed by atoms with Crippen molar-refractivity contribution in [3.05, 3.63) is 24.0 Å². The Bertz CT molecular complexity index is 533. The molecule has 2 aromatic heterocycles. The third kappa shape index (κ3) is 2.73. The van der Waals surface area contributed by atoms with Crippen molar-refractivity contribution in [1.82, 2.24) is 14.5 Å². The largest absolute Gasteiger partial charge is 0.323 e. The first-order valence-corrected chi connectivity index (χ1v) is 7.54. The zero-order valence-corrected chi connectivity index (χ0v) is 11.2. The Morgan fingerprint density at radius 3 is 3.11 bits per heavy atom. The van der Waals surface area contributed by atoms with Crippen LogP contribution in [0.4, 0.5) is 5.13 Å². The summed E-state index contributed by atoms with van der Waals surface area (Å²) in [6.45, 7) is 0. The minimum atomic E-state index is -0.0414. The predicted octanol–water partition coefficient (Wildman–Crippen LogP) is 2.41. The smallest absolute Gasteiger partial charge is 0.236 e. The van der Waals surface area contributed by atoms with Gasteiger partial charge in [0.25, 0.3) is 0 Å². The van der Waals surface area contributed by atoms with E-state index in [9.17, 15) is 4.79 Å². The first-order chi connectivity index (χ1) is 8.83. The standard InChI is InChI=1S/C11H12N4OS2/c16-9(14-10-12-4-6-17-10)7-18-11-13-3-5-15(11)8-1-2-8/h3-6,8H,1-2,7H2,(H,12,14,16). The number of nitrogens with one attached hydrogen (secondary N) is 1. The lowest BCUT2D eigenvalue weighted by Gasteiger charge is -2.05. The van der Waals surface area contributed by atoms with Gasteiger partial charge >= 0.3 is 0 Å². The predicted molar refractivity (Wildman–Crippen MR) is 72.0 cm³/mol. The fraction of sp³-hybridized carbons (Fsp3) is 0.364. The minimum Gasteiger partial charge on any atom is -0.323 e. The van der Waals surface area contributed by atoms with Crippen LogP contribution in [-0.4, -0.2) is 26.2 Å². The van der Waals surface area contributed by atoms with E-state index >= 15 is 0 Å². The van der Waals surface area contributed by atoms with Gasteiger partial charge in [-0.15, -0.1) is 11.3 Å². The van der Waals surface area contributed by atoms with Crippen molar-refractivity contribution in [2.24, 2.45) is 0 Å². The Morgan fingerprint density at radius 2 is 2.39 bits per heavy atom. The molecule has 2 aromatic rings. The number of thioether (sulfide) groups is 1. The van der Waals surface area contributed by atoms with Crippen LogP contribution in [-0.2, 0) is 4.79 Å². The average Bonchev–Trinajstić information content (AvgIpc) is 2.90. The molecule has 0 spiro atoms.